The number of sulfone groups is 1. The summed E-state index contributed by atoms with van der Waals surface area (Å²) in [4.78, 5) is 26.2. The van der Waals surface area contributed by atoms with E-state index >= 15 is 0 Å². The number of carbonyl (C=O) groups excluding carboxylic acids is 1. The van der Waals surface area contributed by atoms with Gasteiger partial charge in [-0.05, 0) is 29.8 Å². The second-order valence-corrected chi connectivity index (χ2v) is 12.1. The zero-order valence-corrected chi connectivity index (χ0v) is 23.1. The highest BCUT2D eigenvalue weighted by Gasteiger charge is 2.46. The molecule has 5 rings (SSSR count). The molecule has 2 unspecified atom stereocenters. The summed E-state index contributed by atoms with van der Waals surface area (Å²) in [5, 5.41) is 46.7. The van der Waals surface area contributed by atoms with Crippen molar-refractivity contribution < 1.29 is 38.4 Å². The molecule has 1 aliphatic carbocycles. The molecule has 2 aromatic heterocycles. The monoisotopic (exact) mass is 606 g/mol. The van der Waals surface area contributed by atoms with E-state index in [1.165, 1.54) is 41.5 Å². The van der Waals surface area contributed by atoms with Gasteiger partial charge in [-0.1, -0.05) is 23.7 Å². The van der Waals surface area contributed by atoms with E-state index in [2.05, 4.69) is 25.6 Å². The summed E-state index contributed by atoms with van der Waals surface area (Å²) in [6.45, 7) is -0.242. The van der Waals surface area contributed by atoms with Crippen LogP contribution in [0.5, 0.6) is 0 Å². The van der Waals surface area contributed by atoms with Gasteiger partial charge in [0.25, 0.3) is 0 Å². The SMILES string of the molecule is CS(=O)(=O)c1ccc(CNc2ncnc3c2ncn3[C@@H]2O[C@H](CO)[C@@H](O)[C@H]2NC(=O)C2=CC=C(Cl)C(O)C2O)cc1. The maximum absolute atomic E-state index is 13.0. The molecule has 0 spiro atoms. The van der Waals surface area contributed by atoms with E-state index in [-0.39, 0.29) is 15.5 Å². The van der Waals surface area contributed by atoms with Gasteiger partial charge in [0.15, 0.2) is 33.0 Å². The highest BCUT2D eigenvalue weighted by atomic mass is 35.5. The second-order valence-electron chi connectivity index (χ2n) is 9.62. The van der Waals surface area contributed by atoms with Crippen molar-refractivity contribution in [3.05, 3.63) is 65.2 Å². The van der Waals surface area contributed by atoms with Gasteiger partial charge in [-0.15, -0.1) is 0 Å². The molecule has 1 aromatic carbocycles. The Morgan fingerprint density at radius 2 is 1.83 bits per heavy atom. The third-order valence-corrected chi connectivity index (χ3v) is 8.35. The maximum atomic E-state index is 13.0. The predicted octanol–water partition coefficient (Wildman–Crippen LogP) is -0.638. The second kappa shape index (κ2) is 11.4. The van der Waals surface area contributed by atoms with Crippen molar-refractivity contribution in [3.63, 3.8) is 0 Å². The molecule has 3 aromatic rings. The van der Waals surface area contributed by atoms with Crippen LogP contribution in [0.2, 0.25) is 0 Å². The van der Waals surface area contributed by atoms with Gasteiger partial charge in [0.2, 0.25) is 5.91 Å². The number of fused-ring (bicyclic) bond motifs is 1. The van der Waals surface area contributed by atoms with Crippen LogP contribution in [-0.4, -0.2) is 97.6 Å². The summed E-state index contributed by atoms with van der Waals surface area (Å²) in [7, 11) is -3.32. The Bertz CT molecular complexity index is 1630. The van der Waals surface area contributed by atoms with Crippen molar-refractivity contribution in [3.8, 4) is 0 Å². The fourth-order valence-electron chi connectivity index (χ4n) is 4.63. The summed E-state index contributed by atoms with van der Waals surface area (Å²) in [5.74, 6) is -0.414. The lowest BCUT2D eigenvalue weighted by Crippen LogP contribution is -2.49. The number of hydrogen-bond acceptors (Lipinski definition) is 12. The third-order valence-electron chi connectivity index (χ3n) is 6.88. The average molecular weight is 607 g/mol. The Morgan fingerprint density at radius 3 is 2.51 bits per heavy atom. The van der Waals surface area contributed by atoms with Crippen molar-refractivity contribution in [1.82, 2.24) is 24.8 Å². The third kappa shape index (κ3) is 5.70. The zero-order valence-electron chi connectivity index (χ0n) is 21.5. The molecule has 1 aliphatic heterocycles. The van der Waals surface area contributed by atoms with Crippen LogP contribution in [-0.2, 0) is 25.9 Å². The lowest BCUT2D eigenvalue weighted by Gasteiger charge is -2.27. The molecule has 3 heterocycles. The minimum atomic E-state index is -3.32. The lowest BCUT2D eigenvalue weighted by atomic mass is 9.97. The number of aliphatic hydroxyl groups is 4. The first-order valence-corrected chi connectivity index (χ1v) is 14.7. The van der Waals surface area contributed by atoms with Crippen molar-refractivity contribution in [2.75, 3.05) is 18.2 Å². The van der Waals surface area contributed by atoms with E-state index in [4.69, 9.17) is 16.3 Å². The number of amides is 1. The molecule has 0 saturated carbocycles. The van der Waals surface area contributed by atoms with E-state index in [0.29, 0.717) is 23.5 Å². The van der Waals surface area contributed by atoms with Crippen LogP contribution in [0.15, 0.2) is 64.6 Å². The van der Waals surface area contributed by atoms with Crippen LogP contribution in [0.1, 0.15) is 11.8 Å². The first-order valence-electron chi connectivity index (χ1n) is 12.4. The van der Waals surface area contributed by atoms with Crippen LogP contribution < -0.4 is 10.6 Å². The van der Waals surface area contributed by atoms with Crippen LogP contribution in [0.3, 0.4) is 0 Å². The largest absolute Gasteiger partial charge is 0.394 e. The number of aromatic nitrogens is 4. The van der Waals surface area contributed by atoms with Gasteiger partial charge in [0.05, 0.1) is 17.8 Å². The number of ether oxygens (including phenoxy) is 1. The fraction of sp³-hybridized carbons (Fsp3) is 0.360. The number of halogens is 1. The van der Waals surface area contributed by atoms with Crippen LogP contribution in [0.4, 0.5) is 5.82 Å². The van der Waals surface area contributed by atoms with E-state index in [1.807, 2.05) is 0 Å². The number of rotatable bonds is 8. The summed E-state index contributed by atoms with van der Waals surface area (Å²) >= 11 is 5.84. The number of carbonyl (C=O) groups is 1. The number of aliphatic hydroxyl groups excluding tert-OH is 4. The van der Waals surface area contributed by atoms with Gasteiger partial charge in [-0.25, -0.2) is 23.4 Å². The summed E-state index contributed by atoms with van der Waals surface area (Å²) in [6.07, 6.45) is -0.152. The highest BCUT2D eigenvalue weighted by Crippen LogP contribution is 2.33. The molecule has 0 bridgehead atoms. The van der Waals surface area contributed by atoms with Crippen molar-refractivity contribution in [2.45, 2.75) is 48.1 Å². The molecule has 6 atom stereocenters. The van der Waals surface area contributed by atoms with Crippen molar-refractivity contribution in [2.24, 2.45) is 0 Å². The zero-order chi connectivity index (χ0) is 29.5. The van der Waals surface area contributed by atoms with Gasteiger partial charge in [-0.3, -0.25) is 9.36 Å². The van der Waals surface area contributed by atoms with E-state index in [1.54, 1.807) is 12.1 Å². The topological polar surface area (TPSA) is 209 Å². The number of benzene rings is 1. The Morgan fingerprint density at radius 1 is 1.10 bits per heavy atom. The molecule has 14 nitrogen and oxygen atoms in total. The normalized spacial score (nSPS) is 26.5. The molecular weight excluding hydrogens is 580 g/mol. The maximum Gasteiger partial charge on any atom is 0.250 e. The number of anilines is 1. The first kappa shape index (κ1) is 29.1. The number of imidazole rings is 1. The average Bonchev–Trinajstić information content (AvgIpc) is 3.51. The summed E-state index contributed by atoms with van der Waals surface area (Å²) < 4.78 is 30.8. The number of allylic oxidation sites excluding steroid dienone is 2. The first-order chi connectivity index (χ1) is 19.5. The van der Waals surface area contributed by atoms with Crippen molar-refractivity contribution in [1.29, 1.82) is 0 Å². The lowest BCUT2D eigenvalue weighted by molar-refractivity contribution is -0.121. The molecule has 1 saturated heterocycles. The van der Waals surface area contributed by atoms with E-state index in [0.717, 1.165) is 11.8 Å². The van der Waals surface area contributed by atoms with Crippen molar-refractivity contribution >= 4 is 44.3 Å². The van der Waals surface area contributed by atoms with Gasteiger partial charge >= 0.3 is 0 Å². The number of nitrogens with one attached hydrogen (secondary N) is 2. The van der Waals surface area contributed by atoms with E-state index in [9.17, 15) is 33.6 Å². The smallest absolute Gasteiger partial charge is 0.250 e. The molecule has 2 aliphatic rings. The molecular formula is C25H27ClN6O8S. The van der Waals surface area contributed by atoms with Gasteiger partial charge in [-0.2, -0.15) is 0 Å². The Kier molecular flexibility index (Phi) is 8.11. The summed E-state index contributed by atoms with van der Waals surface area (Å²) in [5.41, 5.74) is 1.27. The molecule has 1 fully saturated rings. The molecule has 6 N–H and O–H groups in total. The van der Waals surface area contributed by atoms with Gasteiger partial charge in [0.1, 0.15) is 36.8 Å². The minimum Gasteiger partial charge on any atom is -0.394 e. The van der Waals surface area contributed by atoms with Crippen LogP contribution in [0, 0.1) is 0 Å². The Labute approximate surface area is 238 Å². The Balaban J connectivity index is 1.39. The summed E-state index contributed by atoms with van der Waals surface area (Å²) in [6, 6.07) is 5.28. The molecule has 16 heteroatoms. The van der Waals surface area contributed by atoms with Gasteiger partial charge < -0.3 is 35.8 Å². The van der Waals surface area contributed by atoms with Crippen LogP contribution in [0.25, 0.3) is 11.2 Å². The van der Waals surface area contributed by atoms with Gasteiger partial charge in [0, 0.05) is 23.4 Å². The quantitative estimate of drug-likeness (QED) is 0.189. The highest BCUT2D eigenvalue weighted by molar-refractivity contribution is 7.90. The molecule has 0 radical (unpaired) electrons. The van der Waals surface area contributed by atoms with Crippen LogP contribution >= 0.6 is 11.6 Å². The Hall–Kier alpha value is -3.44. The fourth-order valence-corrected chi connectivity index (χ4v) is 5.44. The standard InChI is InChI=1S/C25H27ClN6O8S/c1-41(38,39)13-4-2-12(3-5-13)8-27-22-18-23(29-10-28-22)32(11-30-18)25-17(21(36)16(9-33)40-25)31-24(37)14-6-7-15(26)20(35)19(14)34/h2-7,10-11,16-17,19-21,25,33-36H,8-9H2,1H3,(H,31,37)(H,27,28,29)/t16-,17-,19?,20?,21-,25-/m1/s1. The minimum absolute atomic E-state index is 0.0311. The predicted molar refractivity (Wildman–Crippen MR) is 145 cm³/mol. The van der Waals surface area contributed by atoms with E-state index < -0.39 is 59.0 Å². The number of nitrogens with zero attached hydrogens (tertiary/aromatic N) is 4. The molecule has 41 heavy (non-hydrogen) atoms. The molecule has 218 valence electrons. The molecule has 1 amide bonds. The number of hydrogen-bond donors (Lipinski definition) is 6.